The van der Waals surface area contributed by atoms with Gasteiger partial charge in [-0.25, -0.2) is 9.97 Å². The lowest BCUT2D eigenvalue weighted by atomic mass is 9.93. The van der Waals surface area contributed by atoms with Crippen LogP contribution < -0.4 is 5.73 Å². The number of aromatic nitrogens is 2. The largest absolute Gasteiger partial charge is 0.367 e. The van der Waals surface area contributed by atoms with E-state index in [1.807, 2.05) is 13.0 Å². The summed E-state index contributed by atoms with van der Waals surface area (Å²) in [5.74, 6) is 0.828. The highest BCUT2D eigenvalue weighted by Crippen LogP contribution is 2.37. The molecule has 100 valence electrons. The Morgan fingerprint density at radius 3 is 2.61 bits per heavy atom. The van der Waals surface area contributed by atoms with E-state index in [-0.39, 0.29) is 5.60 Å². The molecule has 2 rings (SSSR count). The highest BCUT2D eigenvalue weighted by atomic mass is 16.5. The number of hydrogen-bond donors (Lipinski definition) is 1. The van der Waals surface area contributed by atoms with Crippen molar-refractivity contribution < 1.29 is 4.74 Å². The van der Waals surface area contributed by atoms with Crippen LogP contribution in [0.4, 0.5) is 0 Å². The van der Waals surface area contributed by atoms with Gasteiger partial charge in [-0.3, -0.25) is 0 Å². The maximum atomic E-state index is 6.07. The van der Waals surface area contributed by atoms with Crippen LogP contribution in [0, 0.1) is 0 Å². The van der Waals surface area contributed by atoms with Crippen LogP contribution in [0.25, 0.3) is 0 Å². The van der Waals surface area contributed by atoms with Gasteiger partial charge in [0.15, 0.2) is 5.82 Å². The molecule has 0 radical (unpaired) electrons. The predicted octanol–water partition coefficient (Wildman–Crippen LogP) is 2.52. The second-order valence-electron chi connectivity index (χ2n) is 4.92. The zero-order valence-corrected chi connectivity index (χ0v) is 11.2. The number of hydrogen-bond acceptors (Lipinski definition) is 4. The van der Waals surface area contributed by atoms with E-state index in [9.17, 15) is 0 Å². The molecule has 4 heteroatoms. The van der Waals surface area contributed by atoms with Crippen LogP contribution in [-0.2, 0) is 16.9 Å². The Kier molecular flexibility index (Phi) is 4.66. The molecule has 0 aromatic carbocycles. The van der Waals surface area contributed by atoms with Crippen molar-refractivity contribution >= 4 is 0 Å². The summed E-state index contributed by atoms with van der Waals surface area (Å²) < 4.78 is 6.07. The topological polar surface area (TPSA) is 61.0 Å². The van der Waals surface area contributed by atoms with Crippen LogP contribution in [0.1, 0.15) is 57.0 Å². The first-order valence-electron chi connectivity index (χ1n) is 6.97. The molecule has 18 heavy (non-hydrogen) atoms. The minimum absolute atomic E-state index is 0.281. The number of ether oxygens (including phenoxy) is 1. The molecular formula is C14H23N3O. The van der Waals surface area contributed by atoms with Gasteiger partial charge >= 0.3 is 0 Å². The van der Waals surface area contributed by atoms with Gasteiger partial charge < -0.3 is 10.5 Å². The van der Waals surface area contributed by atoms with E-state index >= 15 is 0 Å². The van der Waals surface area contributed by atoms with Gasteiger partial charge in [0.05, 0.1) is 5.69 Å². The molecule has 0 bridgehead atoms. The number of rotatable bonds is 4. The molecule has 1 aromatic rings. The summed E-state index contributed by atoms with van der Waals surface area (Å²) >= 11 is 0. The maximum absolute atomic E-state index is 6.07. The molecule has 0 spiro atoms. The smallest absolute Gasteiger partial charge is 0.160 e. The summed E-state index contributed by atoms with van der Waals surface area (Å²) in [7, 11) is 0. The highest BCUT2D eigenvalue weighted by molar-refractivity contribution is 5.09. The van der Waals surface area contributed by atoms with Crippen LogP contribution in [0.15, 0.2) is 12.3 Å². The zero-order chi connectivity index (χ0) is 12.8. The van der Waals surface area contributed by atoms with E-state index in [4.69, 9.17) is 10.5 Å². The van der Waals surface area contributed by atoms with Crippen molar-refractivity contribution in [2.75, 3.05) is 6.61 Å². The first kappa shape index (κ1) is 13.4. The zero-order valence-electron chi connectivity index (χ0n) is 11.2. The fraction of sp³-hybridized carbons (Fsp3) is 0.714. The third-order valence-corrected chi connectivity index (χ3v) is 3.66. The molecule has 2 N–H and O–H groups in total. The summed E-state index contributed by atoms with van der Waals surface area (Å²) in [4.78, 5) is 9.04. The molecule has 0 saturated heterocycles. The molecule has 0 aliphatic heterocycles. The van der Waals surface area contributed by atoms with Crippen molar-refractivity contribution in [3.63, 3.8) is 0 Å². The average molecular weight is 249 g/mol. The van der Waals surface area contributed by atoms with Crippen LogP contribution in [-0.4, -0.2) is 16.6 Å². The quantitative estimate of drug-likeness (QED) is 0.833. The average Bonchev–Trinajstić information content (AvgIpc) is 2.66. The summed E-state index contributed by atoms with van der Waals surface area (Å²) in [6.45, 7) is 3.20. The maximum Gasteiger partial charge on any atom is 0.160 e. The molecular weight excluding hydrogens is 226 g/mol. The van der Waals surface area contributed by atoms with Crippen molar-refractivity contribution in [1.82, 2.24) is 9.97 Å². The Morgan fingerprint density at radius 2 is 2.00 bits per heavy atom. The first-order chi connectivity index (χ1) is 8.80. The summed E-state index contributed by atoms with van der Waals surface area (Å²) in [5, 5.41) is 0. The van der Waals surface area contributed by atoms with E-state index in [2.05, 4.69) is 9.97 Å². The van der Waals surface area contributed by atoms with Gasteiger partial charge in [0.2, 0.25) is 0 Å². The van der Waals surface area contributed by atoms with Crippen molar-refractivity contribution in [3.05, 3.63) is 23.8 Å². The molecule has 0 atom stereocenters. The molecule has 1 fully saturated rings. The van der Waals surface area contributed by atoms with Crippen LogP contribution >= 0.6 is 0 Å². The second kappa shape index (κ2) is 6.25. The third-order valence-electron chi connectivity index (χ3n) is 3.66. The lowest BCUT2D eigenvalue weighted by Crippen LogP contribution is -2.32. The number of nitrogens with zero attached hydrogens (tertiary/aromatic N) is 2. The summed E-state index contributed by atoms with van der Waals surface area (Å²) in [5.41, 5.74) is 6.28. The Hall–Kier alpha value is -1.00. The first-order valence-corrected chi connectivity index (χ1v) is 6.97. The van der Waals surface area contributed by atoms with Gasteiger partial charge in [-0.15, -0.1) is 0 Å². The SMILES string of the molecule is CCOC1(c2nccc(CN)n2)CCCCCC1. The fourth-order valence-corrected chi connectivity index (χ4v) is 2.74. The molecule has 1 saturated carbocycles. The van der Waals surface area contributed by atoms with E-state index in [1.165, 1.54) is 25.7 Å². The molecule has 1 aliphatic carbocycles. The van der Waals surface area contributed by atoms with Gasteiger partial charge in [0, 0.05) is 19.3 Å². The van der Waals surface area contributed by atoms with Gasteiger partial charge in [-0.1, -0.05) is 25.7 Å². The summed E-state index contributed by atoms with van der Waals surface area (Å²) in [6, 6.07) is 1.87. The normalized spacial score (nSPS) is 19.4. The molecule has 0 amide bonds. The highest BCUT2D eigenvalue weighted by Gasteiger charge is 2.36. The Labute approximate surface area is 109 Å². The van der Waals surface area contributed by atoms with Crippen molar-refractivity contribution in [2.24, 2.45) is 5.73 Å². The Balaban J connectivity index is 2.31. The minimum Gasteiger partial charge on any atom is -0.367 e. The van der Waals surface area contributed by atoms with Gasteiger partial charge in [-0.2, -0.15) is 0 Å². The standard InChI is InChI=1S/C14H23N3O/c1-2-18-14(8-5-3-4-6-9-14)13-16-10-7-12(11-15)17-13/h7,10H,2-6,8-9,11,15H2,1H3. The molecule has 1 aromatic heterocycles. The van der Waals surface area contributed by atoms with Crippen molar-refractivity contribution in [1.29, 1.82) is 0 Å². The molecule has 1 heterocycles. The van der Waals surface area contributed by atoms with Crippen LogP contribution in [0.2, 0.25) is 0 Å². The summed E-state index contributed by atoms with van der Waals surface area (Å²) in [6.07, 6.45) is 8.79. The van der Waals surface area contributed by atoms with E-state index in [0.29, 0.717) is 13.2 Å². The van der Waals surface area contributed by atoms with Crippen LogP contribution in [0.5, 0.6) is 0 Å². The van der Waals surface area contributed by atoms with E-state index in [0.717, 1.165) is 24.4 Å². The Morgan fingerprint density at radius 1 is 1.28 bits per heavy atom. The monoisotopic (exact) mass is 249 g/mol. The van der Waals surface area contributed by atoms with Gasteiger partial charge in [-0.05, 0) is 25.8 Å². The van der Waals surface area contributed by atoms with Crippen molar-refractivity contribution in [3.8, 4) is 0 Å². The Bertz CT molecular complexity index is 373. The van der Waals surface area contributed by atoms with E-state index < -0.39 is 0 Å². The predicted molar refractivity (Wildman–Crippen MR) is 70.9 cm³/mol. The molecule has 1 aliphatic rings. The number of nitrogens with two attached hydrogens (primary N) is 1. The van der Waals surface area contributed by atoms with Gasteiger partial charge in [0.1, 0.15) is 5.60 Å². The molecule has 4 nitrogen and oxygen atoms in total. The third kappa shape index (κ3) is 2.87. The lowest BCUT2D eigenvalue weighted by molar-refractivity contribution is -0.0625. The van der Waals surface area contributed by atoms with Crippen LogP contribution in [0.3, 0.4) is 0 Å². The van der Waals surface area contributed by atoms with E-state index in [1.54, 1.807) is 6.20 Å². The lowest BCUT2D eigenvalue weighted by Gasteiger charge is -2.31. The van der Waals surface area contributed by atoms with Crippen molar-refractivity contribution in [2.45, 2.75) is 57.6 Å². The van der Waals surface area contributed by atoms with Gasteiger partial charge in [0.25, 0.3) is 0 Å². The molecule has 0 unspecified atom stereocenters. The fourth-order valence-electron chi connectivity index (χ4n) is 2.74. The second-order valence-corrected chi connectivity index (χ2v) is 4.92. The minimum atomic E-state index is -0.281.